The number of hydrogen-bond donors (Lipinski definition) is 0. The van der Waals surface area contributed by atoms with Crippen LogP contribution in [0, 0.1) is 3.57 Å². The van der Waals surface area contributed by atoms with E-state index in [1.54, 1.807) is 12.4 Å². The van der Waals surface area contributed by atoms with Crippen LogP contribution in [-0.4, -0.2) is 14.9 Å². The molecule has 0 radical (unpaired) electrons. The third-order valence-electron chi connectivity index (χ3n) is 1.65. The summed E-state index contributed by atoms with van der Waals surface area (Å²) in [5.74, 6) is 0. The first-order chi connectivity index (χ1) is 5.90. The zero-order valence-electron chi connectivity index (χ0n) is 6.66. The van der Waals surface area contributed by atoms with Crippen molar-refractivity contribution >= 4 is 11.0 Å². The van der Waals surface area contributed by atoms with Crippen molar-refractivity contribution in [3.63, 3.8) is 0 Å². The first-order valence-electron chi connectivity index (χ1n) is 3.60. The number of halogens is 1. The van der Waals surface area contributed by atoms with Crippen LogP contribution in [0.25, 0.3) is 11.0 Å². The van der Waals surface area contributed by atoms with E-state index in [1.165, 1.54) is 3.57 Å². The molecular formula is C9H8IN2-. The van der Waals surface area contributed by atoms with Crippen molar-refractivity contribution in [3.8, 4) is 0 Å². The summed E-state index contributed by atoms with van der Waals surface area (Å²) in [6.45, 7) is 0. The molecule has 0 spiro atoms. The van der Waals surface area contributed by atoms with Crippen LogP contribution >= 0.6 is 0 Å². The van der Waals surface area contributed by atoms with E-state index in [0.29, 0.717) is 0 Å². The van der Waals surface area contributed by atoms with Gasteiger partial charge in [0, 0.05) is 0 Å². The maximum atomic E-state index is 4.24. The van der Waals surface area contributed by atoms with Gasteiger partial charge in [0.2, 0.25) is 0 Å². The predicted molar refractivity (Wildman–Crippen MR) is 44.2 cm³/mol. The molecular weight excluding hydrogens is 263 g/mol. The molecule has 0 N–H and O–H groups in total. The number of hydrogen-bond acceptors (Lipinski definition) is 2. The minimum atomic E-state index is 0.167. The second-order valence-electron chi connectivity index (χ2n) is 2.38. The Labute approximate surface area is 81.3 Å². The standard InChI is InChI=1S/C9H8IN2/c1-10-7-2-3-8-9(6-7)12-5-4-11-8/h2-6H,1H3/q-1. The SMILES string of the molecule is C[I-]c1ccc2nccnc2c1. The summed E-state index contributed by atoms with van der Waals surface area (Å²) in [6.07, 6.45) is 3.46. The molecule has 62 valence electrons. The van der Waals surface area contributed by atoms with Crippen LogP contribution in [-0.2, 0) is 0 Å². The molecule has 1 aromatic heterocycles. The fourth-order valence-electron chi connectivity index (χ4n) is 1.05. The third-order valence-corrected chi connectivity index (χ3v) is 3.57. The second kappa shape index (κ2) is 3.35. The first kappa shape index (κ1) is 7.91. The van der Waals surface area contributed by atoms with Crippen molar-refractivity contribution in [1.82, 2.24) is 9.97 Å². The van der Waals surface area contributed by atoms with E-state index in [-0.39, 0.29) is 21.2 Å². The Bertz CT molecular complexity index is 400. The van der Waals surface area contributed by atoms with Crippen LogP contribution in [0.5, 0.6) is 0 Å². The molecule has 2 nitrogen and oxygen atoms in total. The maximum absolute atomic E-state index is 4.24. The van der Waals surface area contributed by atoms with E-state index in [0.717, 1.165) is 11.0 Å². The van der Waals surface area contributed by atoms with Gasteiger partial charge in [-0.05, 0) is 0 Å². The van der Waals surface area contributed by atoms with E-state index in [2.05, 4.69) is 27.0 Å². The van der Waals surface area contributed by atoms with E-state index >= 15 is 0 Å². The van der Waals surface area contributed by atoms with Gasteiger partial charge in [-0.2, -0.15) is 0 Å². The monoisotopic (exact) mass is 271 g/mol. The van der Waals surface area contributed by atoms with Gasteiger partial charge < -0.3 is 0 Å². The van der Waals surface area contributed by atoms with Crippen molar-refractivity contribution in [2.75, 3.05) is 4.93 Å². The number of benzene rings is 1. The Balaban J connectivity index is 2.67. The Kier molecular flexibility index (Phi) is 2.21. The van der Waals surface area contributed by atoms with Crippen molar-refractivity contribution in [2.24, 2.45) is 0 Å². The molecule has 2 aromatic rings. The molecule has 1 heterocycles. The molecule has 0 aliphatic rings. The second-order valence-corrected chi connectivity index (χ2v) is 4.70. The van der Waals surface area contributed by atoms with Crippen LogP contribution in [0.3, 0.4) is 0 Å². The average molecular weight is 271 g/mol. The fourth-order valence-corrected chi connectivity index (χ4v) is 2.20. The molecule has 0 aliphatic carbocycles. The fraction of sp³-hybridized carbons (Fsp3) is 0.111. The molecule has 3 heteroatoms. The molecule has 2 rings (SSSR count). The summed E-state index contributed by atoms with van der Waals surface area (Å²) < 4.78 is 1.42. The topological polar surface area (TPSA) is 25.8 Å². The zero-order valence-corrected chi connectivity index (χ0v) is 8.82. The Morgan fingerprint density at radius 1 is 1.08 bits per heavy atom. The molecule has 0 fully saturated rings. The van der Waals surface area contributed by atoms with Crippen LogP contribution < -0.4 is 21.2 Å². The van der Waals surface area contributed by atoms with E-state index in [4.69, 9.17) is 0 Å². The summed E-state index contributed by atoms with van der Waals surface area (Å²) in [4.78, 5) is 10.7. The van der Waals surface area contributed by atoms with Gasteiger partial charge in [-0.1, -0.05) is 0 Å². The molecule has 0 unspecified atom stereocenters. The van der Waals surface area contributed by atoms with Crippen molar-refractivity contribution in [3.05, 3.63) is 34.2 Å². The molecule has 0 bridgehead atoms. The first-order valence-corrected chi connectivity index (χ1v) is 6.84. The van der Waals surface area contributed by atoms with Crippen LogP contribution in [0.15, 0.2) is 30.6 Å². The summed E-state index contributed by atoms with van der Waals surface area (Å²) >= 11 is 0.167. The minimum absolute atomic E-state index is 0.167. The molecule has 0 saturated heterocycles. The molecule has 12 heavy (non-hydrogen) atoms. The predicted octanol–water partition coefficient (Wildman–Crippen LogP) is -1.48. The Morgan fingerprint density at radius 2 is 1.83 bits per heavy atom. The molecule has 0 aliphatic heterocycles. The number of aromatic nitrogens is 2. The summed E-state index contributed by atoms with van der Waals surface area (Å²) in [7, 11) is 0. The quantitative estimate of drug-likeness (QED) is 0.467. The van der Waals surface area contributed by atoms with Gasteiger partial charge in [-0.3, -0.25) is 0 Å². The van der Waals surface area contributed by atoms with Gasteiger partial charge in [0.05, 0.1) is 0 Å². The van der Waals surface area contributed by atoms with Gasteiger partial charge in [-0.25, -0.2) is 0 Å². The summed E-state index contributed by atoms with van der Waals surface area (Å²) in [5.41, 5.74) is 2.00. The van der Waals surface area contributed by atoms with E-state index in [1.807, 2.05) is 6.07 Å². The molecule has 1 aromatic carbocycles. The van der Waals surface area contributed by atoms with E-state index < -0.39 is 0 Å². The third kappa shape index (κ3) is 1.41. The summed E-state index contributed by atoms with van der Waals surface area (Å²) in [5, 5.41) is 0. The number of rotatable bonds is 1. The summed E-state index contributed by atoms with van der Waals surface area (Å²) in [6, 6.07) is 6.32. The Morgan fingerprint density at radius 3 is 2.58 bits per heavy atom. The normalized spacial score (nSPS) is 10.8. The van der Waals surface area contributed by atoms with Crippen molar-refractivity contribution < 1.29 is 21.2 Å². The van der Waals surface area contributed by atoms with Gasteiger partial charge in [0.1, 0.15) is 0 Å². The van der Waals surface area contributed by atoms with Crippen LogP contribution in [0.2, 0.25) is 0 Å². The zero-order chi connectivity index (χ0) is 8.39. The average Bonchev–Trinajstić information content (AvgIpc) is 2.17. The van der Waals surface area contributed by atoms with Gasteiger partial charge >= 0.3 is 81.3 Å². The van der Waals surface area contributed by atoms with Gasteiger partial charge in [0.25, 0.3) is 0 Å². The molecule has 0 saturated carbocycles. The van der Waals surface area contributed by atoms with Gasteiger partial charge in [-0.15, -0.1) is 0 Å². The van der Waals surface area contributed by atoms with E-state index in [9.17, 15) is 0 Å². The number of fused-ring (bicyclic) bond motifs is 1. The van der Waals surface area contributed by atoms with Crippen LogP contribution in [0.4, 0.5) is 0 Å². The molecule has 0 amide bonds. The van der Waals surface area contributed by atoms with Gasteiger partial charge in [0.15, 0.2) is 0 Å². The molecule has 0 atom stereocenters. The van der Waals surface area contributed by atoms with Crippen molar-refractivity contribution in [1.29, 1.82) is 0 Å². The van der Waals surface area contributed by atoms with Crippen LogP contribution in [0.1, 0.15) is 0 Å². The number of nitrogens with zero attached hydrogens (tertiary/aromatic N) is 2. The Hall–Kier alpha value is -0.710. The van der Waals surface area contributed by atoms with Crippen molar-refractivity contribution in [2.45, 2.75) is 0 Å². The number of alkyl halides is 1.